The number of piperidine rings is 2. The summed E-state index contributed by atoms with van der Waals surface area (Å²) >= 11 is 0. The van der Waals surface area contributed by atoms with Crippen molar-refractivity contribution in [2.75, 3.05) is 36.4 Å². The Bertz CT molecular complexity index is 804. The van der Waals surface area contributed by atoms with Crippen LogP contribution in [0.15, 0.2) is 47.1 Å². The van der Waals surface area contributed by atoms with Gasteiger partial charge < -0.3 is 19.5 Å². The summed E-state index contributed by atoms with van der Waals surface area (Å²) in [4.78, 5) is 29.4. The van der Waals surface area contributed by atoms with E-state index in [1.165, 1.54) is 25.5 Å². The van der Waals surface area contributed by atoms with Gasteiger partial charge in [-0.2, -0.15) is 0 Å². The molecule has 0 bridgehead atoms. The molecule has 0 aliphatic carbocycles. The minimum atomic E-state index is -0.0979. The van der Waals surface area contributed by atoms with Crippen LogP contribution in [0.25, 0.3) is 0 Å². The van der Waals surface area contributed by atoms with Crippen molar-refractivity contribution in [2.45, 2.75) is 32.1 Å². The van der Waals surface area contributed by atoms with Gasteiger partial charge in [0.15, 0.2) is 5.76 Å². The van der Waals surface area contributed by atoms with Crippen LogP contribution >= 0.6 is 0 Å². The summed E-state index contributed by atoms with van der Waals surface area (Å²) < 4.78 is 5.20. The molecule has 0 atom stereocenters. The van der Waals surface area contributed by atoms with Crippen molar-refractivity contribution in [1.29, 1.82) is 0 Å². The second-order valence-electron chi connectivity index (χ2n) is 7.60. The highest BCUT2D eigenvalue weighted by molar-refractivity contribution is 5.96. The van der Waals surface area contributed by atoms with Gasteiger partial charge in [-0.05, 0) is 56.4 Å². The van der Waals surface area contributed by atoms with Crippen LogP contribution in [0.1, 0.15) is 42.7 Å². The van der Waals surface area contributed by atoms with E-state index in [4.69, 9.17) is 4.42 Å². The fourth-order valence-corrected chi connectivity index (χ4v) is 4.13. The summed E-state index contributed by atoms with van der Waals surface area (Å²) in [6.07, 6.45) is 6.52. The minimum Gasteiger partial charge on any atom is -0.459 e. The first-order valence-corrected chi connectivity index (χ1v) is 10.2. The number of hydrogen-bond donors (Lipinski definition) is 1. The first-order valence-electron chi connectivity index (χ1n) is 10.2. The van der Waals surface area contributed by atoms with E-state index in [1.807, 2.05) is 18.2 Å². The van der Waals surface area contributed by atoms with Gasteiger partial charge in [0.2, 0.25) is 5.91 Å². The molecule has 0 saturated carbocycles. The molecule has 3 heterocycles. The number of anilines is 2. The molecule has 148 valence electrons. The summed E-state index contributed by atoms with van der Waals surface area (Å²) in [5.74, 6) is 0.238. The molecule has 2 aromatic rings. The van der Waals surface area contributed by atoms with E-state index >= 15 is 0 Å². The summed E-state index contributed by atoms with van der Waals surface area (Å²) in [7, 11) is 0. The third-order valence-electron chi connectivity index (χ3n) is 5.74. The van der Waals surface area contributed by atoms with Gasteiger partial charge in [-0.15, -0.1) is 0 Å². The molecule has 1 aromatic carbocycles. The summed E-state index contributed by atoms with van der Waals surface area (Å²) in [5.41, 5.74) is 2.00. The lowest BCUT2D eigenvalue weighted by atomic mass is 9.95. The zero-order valence-corrected chi connectivity index (χ0v) is 16.1. The smallest absolute Gasteiger partial charge is 0.289 e. The highest BCUT2D eigenvalue weighted by atomic mass is 16.3. The molecule has 6 nitrogen and oxygen atoms in total. The molecular formula is C22H27N3O3. The first kappa shape index (κ1) is 18.6. The highest BCUT2D eigenvalue weighted by Crippen LogP contribution is 2.29. The third-order valence-corrected chi connectivity index (χ3v) is 5.74. The fraction of sp³-hybridized carbons (Fsp3) is 0.455. The van der Waals surface area contributed by atoms with Gasteiger partial charge in [-0.25, -0.2) is 0 Å². The number of nitrogens with one attached hydrogen (secondary N) is 1. The van der Waals surface area contributed by atoms with Gasteiger partial charge in [-0.1, -0.05) is 12.1 Å². The maximum Gasteiger partial charge on any atom is 0.289 e. The normalized spacial score (nSPS) is 18.1. The number of benzene rings is 1. The number of rotatable bonds is 4. The van der Waals surface area contributed by atoms with E-state index in [0.29, 0.717) is 31.7 Å². The second kappa shape index (κ2) is 8.50. The largest absolute Gasteiger partial charge is 0.459 e. The van der Waals surface area contributed by atoms with Gasteiger partial charge in [0.25, 0.3) is 5.91 Å². The molecule has 2 saturated heterocycles. The lowest BCUT2D eigenvalue weighted by Gasteiger charge is -2.32. The average Bonchev–Trinajstić information content (AvgIpc) is 3.29. The number of nitrogens with zero attached hydrogens (tertiary/aromatic N) is 2. The zero-order valence-electron chi connectivity index (χ0n) is 16.1. The molecular weight excluding hydrogens is 354 g/mol. The lowest BCUT2D eigenvalue weighted by Crippen LogP contribution is -2.41. The summed E-state index contributed by atoms with van der Waals surface area (Å²) in [5, 5.41) is 3.15. The first-order chi connectivity index (χ1) is 13.7. The molecule has 0 spiro atoms. The molecule has 2 aliphatic rings. The van der Waals surface area contributed by atoms with Gasteiger partial charge in [0.1, 0.15) is 0 Å². The highest BCUT2D eigenvalue weighted by Gasteiger charge is 2.29. The summed E-state index contributed by atoms with van der Waals surface area (Å²) in [6.45, 7) is 3.23. The standard InChI is InChI=1S/C22H27N3O3/c26-21(17-10-14-25(15-11-17)22(27)20-9-6-16-28-20)23-18-7-2-3-8-19(18)24-12-4-1-5-13-24/h2-3,6-9,16-17H,1,4-5,10-15H2,(H,23,26). The van der Waals surface area contributed by atoms with Gasteiger partial charge in [-0.3, -0.25) is 9.59 Å². The van der Waals surface area contributed by atoms with Gasteiger partial charge in [0, 0.05) is 32.1 Å². The van der Waals surface area contributed by atoms with E-state index in [0.717, 1.165) is 24.5 Å². The third kappa shape index (κ3) is 4.06. The Hall–Kier alpha value is -2.76. The molecule has 2 amide bonds. The Morgan fingerprint density at radius 2 is 1.68 bits per heavy atom. The number of likely N-dealkylation sites (tertiary alicyclic amines) is 1. The van der Waals surface area contributed by atoms with Crippen LogP contribution < -0.4 is 10.2 Å². The Kier molecular flexibility index (Phi) is 5.65. The van der Waals surface area contributed by atoms with Crippen molar-refractivity contribution in [3.8, 4) is 0 Å². The monoisotopic (exact) mass is 381 g/mol. The van der Waals surface area contributed by atoms with Crippen LogP contribution in [0.3, 0.4) is 0 Å². The lowest BCUT2D eigenvalue weighted by molar-refractivity contribution is -0.121. The molecule has 2 fully saturated rings. The van der Waals surface area contributed by atoms with Crippen molar-refractivity contribution >= 4 is 23.2 Å². The van der Waals surface area contributed by atoms with Gasteiger partial charge >= 0.3 is 0 Å². The van der Waals surface area contributed by atoms with Crippen LogP contribution in [-0.4, -0.2) is 42.9 Å². The van der Waals surface area contributed by atoms with Crippen LogP contribution in [0.2, 0.25) is 0 Å². The number of para-hydroxylation sites is 2. The number of amides is 2. The van der Waals surface area contributed by atoms with Crippen LogP contribution in [0.5, 0.6) is 0 Å². The average molecular weight is 381 g/mol. The van der Waals surface area contributed by atoms with Crippen molar-refractivity contribution in [1.82, 2.24) is 4.90 Å². The predicted molar refractivity (Wildman–Crippen MR) is 108 cm³/mol. The van der Waals surface area contributed by atoms with E-state index in [9.17, 15) is 9.59 Å². The molecule has 1 aromatic heterocycles. The van der Waals surface area contributed by atoms with E-state index in [1.54, 1.807) is 17.0 Å². The fourth-order valence-electron chi connectivity index (χ4n) is 4.13. The quantitative estimate of drug-likeness (QED) is 0.876. The van der Waals surface area contributed by atoms with Crippen molar-refractivity contribution in [3.63, 3.8) is 0 Å². The summed E-state index contributed by atoms with van der Waals surface area (Å²) in [6, 6.07) is 11.5. The van der Waals surface area contributed by atoms with Crippen molar-refractivity contribution < 1.29 is 14.0 Å². The SMILES string of the molecule is O=C(Nc1ccccc1N1CCCCC1)C1CCN(C(=O)c2ccco2)CC1. The topological polar surface area (TPSA) is 65.8 Å². The number of carbonyl (C=O) groups is 2. The van der Waals surface area contributed by atoms with E-state index in [2.05, 4.69) is 16.3 Å². The number of furan rings is 1. The molecule has 0 radical (unpaired) electrons. The Labute approximate surface area is 165 Å². The maximum atomic E-state index is 12.9. The van der Waals surface area contributed by atoms with Gasteiger partial charge in [0.05, 0.1) is 17.6 Å². The Balaban J connectivity index is 1.36. The molecule has 2 aliphatic heterocycles. The molecule has 28 heavy (non-hydrogen) atoms. The molecule has 0 unspecified atom stereocenters. The molecule has 4 rings (SSSR count). The Morgan fingerprint density at radius 1 is 0.929 bits per heavy atom. The number of hydrogen-bond acceptors (Lipinski definition) is 4. The van der Waals surface area contributed by atoms with Crippen molar-refractivity contribution in [3.05, 3.63) is 48.4 Å². The van der Waals surface area contributed by atoms with Crippen LogP contribution in [-0.2, 0) is 4.79 Å². The van der Waals surface area contributed by atoms with Crippen LogP contribution in [0, 0.1) is 5.92 Å². The van der Waals surface area contributed by atoms with Crippen molar-refractivity contribution in [2.24, 2.45) is 5.92 Å². The molecule has 1 N–H and O–H groups in total. The minimum absolute atomic E-state index is 0.0505. The van der Waals surface area contributed by atoms with E-state index < -0.39 is 0 Å². The maximum absolute atomic E-state index is 12.9. The second-order valence-corrected chi connectivity index (χ2v) is 7.60. The van der Waals surface area contributed by atoms with E-state index in [-0.39, 0.29) is 17.7 Å². The molecule has 6 heteroatoms. The number of carbonyl (C=O) groups excluding carboxylic acids is 2. The Morgan fingerprint density at radius 3 is 2.39 bits per heavy atom. The zero-order chi connectivity index (χ0) is 19.3. The van der Waals surface area contributed by atoms with Crippen LogP contribution in [0.4, 0.5) is 11.4 Å². The predicted octanol–water partition coefficient (Wildman–Crippen LogP) is 3.76.